The summed E-state index contributed by atoms with van der Waals surface area (Å²) in [6.07, 6.45) is 7.02. The van der Waals surface area contributed by atoms with Gasteiger partial charge in [-0.3, -0.25) is 0 Å². The molecule has 1 saturated carbocycles. The molecule has 2 aliphatic rings. The summed E-state index contributed by atoms with van der Waals surface area (Å²) in [5, 5.41) is 3.54. The lowest BCUT2D eigenvalue weighted by molar-refractivity contribution is 0.176. The minimum absolute atomic E-state index is 0.490. The van der Waals surface area contributed by atoms with Crippen LogP contribution in [0.25, 0.3) is 0 Å². The van der Waals surface area contributed by atoms with E-state index >= 15 is 0 Å². The van der Waals surface area contributed by atoms with Crippen molar-refractivity contribution >= 4 is 11.8 Å². The van der Waals surface area contributed by atoms with Crippen molar-refractivity contribution in [2.45, 2.75) is 56.7 Å². The van der Waals surface area contributed by atoms with Crippen LogP contribution in [0.3, 0.4) is 0 Å². The molecule has 2 fully saturated rings. The first-order valence-corrected chi connectivity index (χ1v) is 8.63. The monoisotopic (exact) mass is 270 g/mol. The molecule has 1 aliphatic heterocycles. The summed E-state index contributed by atoms with van der Waals surface area (Å²) in [6, 6.07) is 0.766. The fourth-order valence-corrected chi connectivity index (χ4v) is 4.52. The second-order valence-electron chi connectivity index (χ2n) is 6.60. The van der Waals surface area contributed by atoms with E-state index in [9.17, 15) is 0 Å². The van der Waals surface area contributed by atoms with E-state index in [1.807, 2.05) is 0 Å². The van der Waals surface area contributed by atoms with Crippen LogP contribution in [0.2, 0.25) is 0 Å². The largest absolute Gasteiger partial charge is 0.317 e. The first-order chi connectivity index (χ1) is 8.61. The molecule has 106 valence electrons. The van der Waals surface area contributed by atoms with Crippen molar-refractivity contribution in [1.82, 2.24) is 10.2 Å². The molecule has 0 spiro atoms. The average molecular weight is 270 g/mol. The van der Waals surface area contributed by atoms with Gasteiger partial charge in [0.15, 0.2) is 0 Å². The fourth-order valence-electron chi connectivity index (χ4n) is 3.38. The van der Waals surface area contributed by atoms with E-state index in [-0.39, 0.29) is 0 Å². The van der Waals surface area contributed by atoms with E-state index in [4.69, 9.17) is 0 Å². The van der Waals surface area contributed by atoms with Gasteiger partial charge >= 0.3 is 0 Å². The van der Waals surface area contributed by atoms with Gasteiger partial charge in [0.05, 0.1) is 0 Å². The molecule has 0 aromatic carbocycles. The molecule has 2 nitrogen and oxygen atoms in total. The van der Waals surface area contributed by atoms with Crippen molar-refractivity contribution < 1.29 is 0 Å². The van der Waals surface area contributed by atoms with Crippen LogP contribution < -0.4 is 5.32 Å². The lowest BCUT2D eigenvalue weighted by Crippen LogP contribution is -2.43. The third-order valence-electron chi connectivity index (χ3n) is 4.70. The number of hydrogen-bond acceptors (Lipinski definition) is 3. The topological polar surface area (TPSA) is 15.3 Å². The molecule has 1 aliphatic carbocycles. The molecule has 0 aromatic rings. The fraction of sp³-hybridized carbons (Fsp3) is 1.00. The summed E-state index contributed by atoms with van der Waals surface area (Å²) in [5.74, 6) is 2.19. The van der Waals surface area contributed by atoms with Crippen LogP contribution >= 0.6 is 11.8 Å². The molecular formula is C15H30N2S. The maximum absolute atomic E-state index is 3.54. The maximum Gasteiger partial charge on any atom is 0.0116 e. The number of hydrogen-bond donors (Lipinski definition) is 1. The van der Waals surface area contributed by atoms with E-state index in [1.54, 1.807) is 0 Å². The zero-order valence-corrected chi connectivity index (χ0v) is 13.2. The van der Waals surface area contributed by atoms with Crippen LogP contribution in [-0.4, -0.2) is 48.1 Å². The predicted octanol–water partition coefficient (Wildman–Crippen LogP) is 2.98. The van der Waals surface area contributed by atoms with Gasteiger partial charge in [0.2, 0.25) is 0 Å². The molecule has 0 amide bonds. The van der Waals surface area contributed by atoms with Crippen molar-refractivity contribution in [2.75, 3.05) is 32.4 Å². The SMILES string of the molecule is CNC1CCCCC1CN1CCSC(C)(C)CC1. The second-order valence-corrected chi connectivity index (χ2v) is 8.40. The maximum atomic E-state index is 3.54. The molecule has 2 atom stereocenters. The van der Waals surface area contributed by atoms with Crippen molar-refractivity contribution in [1.29, 1.82) is 0 Å². The summed E-state index contributed by atoms with van der Waals surface area (Å²) < 4.78 is 0.490. The van der Waals surface area contributed by atoms with E-state index < -0.39 is 0 Å². The van der Waals surface area contributed by atoms with Crippen molar-refractivity contribution in [3.05, 3.63) is 0 Å². The molecule has 1 heterocycles. The van der Waals surface area contributed by atoms with Gasteiger partial charge in [-0.05, 0) is 38.8 Å². The molecule has 0 bridgehead atoms. The van der Waals surface area contributed by atoms with Gasteiger partial charge in [0.1, 0.15) is 0 Å². The van der Waals surface area contributed by atoms with E-state index in [0.29, 0.717) is 4.75 Å². The number of nitrogens with zero attached hydrogens (tertiary/aromatic N) is 1. The van der Waals surface area contributed by atoms with Gasteiger partial charge < -0.3 is 10.2 Å². The Morgan fingerprint density at radius 2 is 2.00 bits per heavy atom. The molecule has 0 aromatic heterocycles. The smallest absolute Gasteiger partial charge is 0.0116 e. The molecule has 2 rings (SSSR count). The Labute approximate surface area is 117 Å². The van der Waals surface area contributed by atoms with Crippen LogP contribution in [-0.2, 0) is 0 Å². The number of nitrogens with one attached hydrogen (secondary N) is 1. The molecule has 1 N–H and O–H groups in total. The summed E-state index contributed by atoms with van der Waals surface area (Å²) >= 11 is 2.16. The highest BCUT2D eigenvalue weighted by Crippen LogP contribution is 2.32. The lowest BCUT2D eigenvalue weighted by atomic mass is 9.84. The zero-order chi connectivity index (χ0) is 13.0. The second kappa shape index (κ2) is 6.62. The molecule has 3 heteroatoms. The molecule has 2 unspecified atom stereocenters. The molecule has 1 saturated heterocycles. The first-order valence-electron chi connectivity index (χ1n) is 7.64. The lowest BCUT2D eigenvalue weighted by Gasteiger charge is -2.35. The third kappa shape index (κ3) is 4.14. The Bertz CT molecular complexity index is 255. The van der Waals surface area contributed by atoms with Gasteiger partial charge in [-0.2, -0.15) is 11.8 Å². The van der Waals surface area contributed by atoms with Gasteiger partial charge in [-0.25, -0.2) is 0 Å². The summed E-state index contributed by atoms with van der Waals surface area (Å²) in [4.78, 5) is 2.72. The van der Waals surface area contributed by atoms with E-state index in [2.05, 4.69) is 42.9 Å². The Morgan fingerprint density at radius 3 is 2.78 bits per heavy atom. The highest BCUT2D eigenvalue weighted by atomic mass is 32.2. The standard InChI is InChI=1S/C15H30N2S/c1-15(2)8-9-17(10-11-18-15)12-13-6-4-5-7-14(13)16-3/h13-14,16H,4-12H2,1-3H3. The van der Waals surface area contributed by atoms with E-state index in [0.717, 1.165) is 12.0 Å². The Balaban J connectivity index is 1.84. The predicted molar refractivity (Wildman–Crippen MR) is 82.4 cm³/mol. The van der Waals surface area contributed by atoms with Crippen LogP contribution in [0.5, 0.6) is 0 Å². The molecule has 18 heavy (non-hydrogen) atoms. The average Bonchev–Trinajstić information content (AvgIpc) is 2.52. The molecule has 0 radical (unpaired) electrons. The zero-order valence-electron chi connectivity index (χ0n) is 12.4. The van der Waals surface area contributed by atoms with Crippen molar-refractivity contribution in [2.24, 2.45) is 5.92 Å². The quantitative estimate of drug-likeness (QED) is 0.849. The van der Waals surface area contributed by atoms with E-state index in [1.165, 1.54) is 57.5 Å². The van der Waals surface area contributed by atoms with Gasteiger partial charge in [-0.1, -0.05) is 26.7 Å². The normalized spacial score (nSPS) is 34.2. The minimum Gasteiger partial charge on any atom is -0.317 e. The highest BCUT2D eigenvalue weighted by Gasteiger charge is 2.28. The van der Waals surface area contributed by atoms with Crippen molar-refractivity contribution in [3.8, 4) is 0 Å². The first kappa shape index (κ1) is 14.7. The minimum atomic E-state index is 0.490. The Hall–Kier alpha value is 0.270. The van der Waals surface area contributed by atoms with Crippen LogP contribution in [0.1, 0.15) is 46.0 Å². The highest BCUT2D eigenvalue weighted by molar-refractivity contribution is 8.00. The third-order valence-corrected chi connectivity index (χ3v) is 6.08. The van der Waals surface area contributed by atoms with Gasteiger partial charge in [0.25, 0.3) is 0 Å². The van der Waals surface area contributed by atoms with Crippen LogP contribution in [0.4, 0.5) is 0 Å². The molecular weight excluding hydrogens is 240 g/mol. The van der Waals surface area contributed by atoms with Crippen LogP contribution in [0.15, 0.2) is 0 Å². The van der Waals surface area contributed by atoms with Gasteiger partial charge in [0, 0.05) is 29.6 Å². The number of thioether (sulfide) groups is 1. The van der Waals surface area contributed by atoms with Crippen molar-refractivity contribution in [3.63, 3.8) is 0 Å². The Morgan fingerprint density at radius 1 is 1.22 bits per heavy atom. The van der Waals surface area contributed by atoms with Gasteiger partial charge in [-0.15, -0.1) is 0 Å². The Kier molecular flexibility index (Phi) is 5.40. The summed E-state index contributed by atoms with van der Waals surface area (Å²) in [5.41, 5.74) is 0. The summed E-state index contributed by atoms with van der Waals surface area (Å²) in [6.45, 7) is 8.71. The summed E-state index contributed by atoms with van der Waals surface area (Å²) in [7, 11) is 2.14. The van der Waals surface area contributed by atoms with Crippen LogP contribution in [0, 0.1) is 5.92 Å². The number of rotatable bonds is 3.